The maximum absolute atomic E-state index is 3.25. The fraction of sp³-hybridized carbons (Fsp3) is 0.778. The van der Waals surface area contributed by atoms with E-state index in [1.165, 1.54) is 12.8 Å². The minimum absolute atomic E-state index is 0.855. The van der Waals surface area contributed by atoms with Crippen molar-refractivity contribution in [3.63, 3.8) is 0 Å². The van der Waals surface area contributed by atoms with Crippen molar-refractivity contribution < 1.29 is 0 Å². The van der Waals surface area contributed by atoms with E-state index in [2.05, 4.69) is 31.0 Å². The summed E-state index contributed by atoms with van der Waals surface area (Å²) in [7, 11) is 0. The first-order valence-electron chi connectivity index (χ1n) is 4.08. The molecule has 0 atom stereocenters. The molecule has 0 saturated carbocycles. The van der Waals surface area contributed by atoms with Gasteiger partial charge in [-0.15, -0.1) is 5.92 Å². The normalized spacial score (nSPS) is 8.60. The number of rotatable bonds is 4. The van der Waals surface area contributed by atoms with Crippen LogP contribution in [-0.2, 0) is 0 Å². The highest BCUT2D eigenvalue weighted by molar-refractivity contribution is 4.99. The highest BCUT2D eigenvalue weighted by atomic mass is 14.8. The molecule has 0 aliphatic rings. The molecule has 0 aromatic carbocycles. The average Bonchev–Trinajstić information content (AvgIpc) is 1.97. The maximum atomic E-state index is 3.25. The van der Waals surface area contributed by atoms with Gasteiger partial charge < -0.3 is 5.32 Å². The standard InChI is InChI=1S/C9H17N/c1-3-5-7-9-10-8-6-4-2/h10H,3-4,6,8-9H2,1-2H3. The quantitative estimate of drug-likeness (QED) is 0.462. The van der Waals surface area contributed by atoms with E-state index in [-0.39, 0.29) is 0 Å². The summed E-state index contributed by atoms with van der Waals surface area (Å²) in [5.74, 6) is 6.05. The Morgan fingerprint density at radius 2 is 2.00 bits per heavy atom. The van der Waals surface area contributed by atoms with E-state index in [0.29, 0.717) is 0 Å². The third kappa shape index (κ3) is 7.52. The topological polar surface area (TPSA) is 12.0 Å². The fourth-order valence-electron chi connectivity index (χ4n) is 0.640. The van der Waals surface area contributed by atoms with Crippen molar-refractivity contribution in [2.45, 2.75) is 33.1 Å². The third-order valence-corrected chi connectivity index (χ3v) is 1.22. The molecule has 0 rings (SSSR count). The zero-order chi connectivity index (χ0) is 7.66. The average molecular weight is 139 g/mol. The predicted molar refractivity (Wildman–Crippen MR) is 45.8 cm³/mol. The Kier molecular flexibility index (Phi) is 8.11. The van der Waals surface area contributed by atoms with Crippen LogP contribution in [0.2, 0.25) is 0 Å². The van der Waals surface area contributed by atoms with E-state index in [0.717, 1.165) is 19.5 Å². The van der Waals surface area contributed by atoms with E-state index >= 15 is 0 Å². The van der Waals surface area contributed by atoms with Crippen molar-refractivity contribution >= 4 is 0 Å². The lowest BCUT2D eigenvalue weighted by Crippen LogP contribution is -2.14. The highest BCUT2D eigenvalue weighted by Gasteiger charge is 1.79. The van der Waals surface area contributed by atoms with Crippen molar-refractivity contribution in [2.75, 3.05) is 13.1 Å². The van der Waals surface area contributed by atoms with E-state index in [9.17, 15) is 0 Å². The van der Waals surface area contributed by atoms with E-state index < -0.39 is 0 Å². The highest BCUT2D eigenvalue weighted by Crippen LogP contribution is 1.80. The summed E-state index contributed by atoms with van der Waals surface area (Å²) in [5, 5.41) is 3.25. The van der Waals surface area contributed by atoms with Gasteiger partial charge in [0.05, 0.1) is 6.54 Å². The third-order valence-electron chi connectivity index (χ3n) is 1.22. The Bertz CT molecular complexity index is 108. The molecular formula is C9H17N. The molecule has 0 fully saturated rings. The van der Waals surface area contributed by atoms with Gasteiger partial charge in [0.2, 0.25) is 0 Å². The van der Waals surface area contributed by atoms with Gasteiger partial charge in [-0.25, -0.2) is 0 Å². The van der Waals surface area contributed by atoms with Crippen LogP contribution in [0.25, 0.3) is 0 Å². The molecule has 0 heterocycles. The van der Waals surface area contributed by atoms with Crippen LogP contribution in [0.5, 0.6) is 0 Å². The number of nitrogens with one attached hydrogen (secondary N) is 1. The van der Waals surface area contributed by atoms with E-state index in [1.54, 1.807) is 0 Å². The second kappa shape index (κ2) is 8.52. The number of hydrogen-bond donors (Lipinski definition) is 1. The first-order chi connectivity index (χ1) is 4.91. The van der Waals surface area contributed by atoms with Gasteiger partial charge in [0.1, 0.15) is 0 Å². The SMILES string of the molecule is CCC#CCNCCCC. The Hall–Kier alpha value is -0.480. The smallest absolute Gasteiger partial charge is 0.0576 e. The second-order valence-corrected chi connectivity index (χ2v) is 2.24. The van der Waals surface area contributed by atoms with Gasteiger partial charge in [0.15, 0.2) is 0 Å². The van der Waals surface area contributed by atoms with Crippen LogP contribution in [0.15, 0.2) is 0 Å². The van der Waals surface area contributed by atoms with Gasteiger partial charge >= 0.3 is 0 Å². The van der Waals surface area contributed by atoms with E-state index in [4.69, 9.17) is 0 Å². The summed E-state index contributed by atoms with van der Waals surface area (Å²) >= 11 is 0. The van der Waals surface area contributed by atoms with Crippen LogP contribution in [0.3, 0.4) is 0 Å². The van der Waals surface area contributed by atoms with Crippen LogP contribution in [0.4, 0.5) is 0 Å². The van der Waals surface area contributed by atoms with Crippen LogP contribution < -0.4 is 5.32 Å². The van der Waals surface area contributed by atoms with Crippen molar-refractivity contribution in [1.82, 2.24) is 5.32 Å². The van der Waals surface area contributed by atoms with Crippen LogP contribution in [0.1, 0.15) is 33.1 Å². The molecule has 1 N–H and O–H groups in total. The van der Waals surface area contributed by atoms with Crippen LogP contribution >= 0.6 is 0 Å². The summed E-state index contributed by atoms with van der Waals surface area (Å²) in [5.41, 5.74) is 0. The zero-order valence-corrected chi connectivity index (χ0v) is 7.04. The molecule has 0 bridgehead atoms. The molecule has 58 valence electrons. The minimum Gasteiger partial charge on any atom is -0.306 e. The zero-order valence-electron chi connectivity index (χ0n) is 7.04. The molecule has 0 spiro atoms. The monoisotopic (exact) mass is 139 g/mol. The molecule has 1 nitrogen and oxygen atoms in total. The Balaban J connectivity index is 2.90. The maximum Gasteiger partial charge on any atom is 0.0576 e. The number of unbranched alkanes of at least 4 members (excludes halogenated alkanes) is 1. The van der Waals surface area contributed by atoms with Crippen LogP contribution in [0, 0.1) is 11.8 Å². The molecule has 0 saturated heterocycles. The molecule has 0 aromatic rings. The van der Waals surface area contributed by atoms with Crippen molar-refractivity contribution in [3.05, 3.63) is 0 Å². The lowest BCUT2D eigenvalue weighted by atomic mass is 10.3. The van der Waals surface area contributed by atoms with Crippen molar-refractivity contribution in [1.29, 1.82) is 0 Å². The molecule has 0 aliphatic heterocycles. The molecule has 10 heavy (non-hydrogen) atoms. The molecule has 0 aliphatic carbocycles. The Morgan fingerprint density at radius 1 is 1.20 bits per heavy atom. The summed E-state index contributed by atoms with van der Waals surface area (Å²) < 4.78 is 0. The fourth-order valence-corrected chi connectivity index (χ4v) is 0.640. The largest absolute Gasteiger partial charge is 0.306 e. The summed E-state index contributed by atoms with van der Waals surface area (Å²) in [4.78, 5) is 0. The Labute approximate surface area is 64.2 Å². The summed E-state index contributed by atoms with van der Waals surface area (Å²) in [6, 6.07) is 0. The van der Waals surface area contributed by atoms with Gasteiger partial charge in [0.25, 0.3) is 0 Å². The molecule has 0 amide bonds. The minimum atomic E-state index is 0.855. The van der Waals surface area contributed by atoms with E-state index in [1.807, 2.05) is 0 Å². The van der Waals surface area contributed by atoms with Crippen molar-refractivity contribution in [2.24, 2.45) is 0 Å². The first kappa shape index (κ1) is 9.52. The van der Waals surface area contributed by atoms with Crippen LogP contribution in [-0.4, -0.2) is 13.1 Å². The predicted octanol–water partition coefficient (Wildman–Crippen LogP) is 1.79. The number of hydrogen-bond acceptors (Lipinski definition) is 1. The van der Waals surface area contributed by atoms with Gasteiger partial charge in [-0.1, -0.05) is 26.2 Å². The first-order valence-corrected chi connectivity index (χ1v) is 4.08. The molecule has 0 radical (unpaired) electrons. The van der Waals surface area contributed by atoms with Gasteiger partial charge in [-0.3, -0.25) is 0 Å². The summed E-state index contributed by atoms with van der Waals surface area (Å²) in [6.07, 6.45) is 3.48. The lowest BCUT2D eigenvalue weighted by molar-refractivity contribution is 0.686. The summed E-state index contributed by atoms with van der Waals surface area (Å²) in [6.45, 7) is 6.22. The van der Waals surface area contributed by atoms with Gasteiger partial charge in [-0.2, -0.15) is 0 Å². The van der Waals surface area contributed by atoms with Crippen molar-refractivity contribution in [3.8, 4) is 11.8 Å². The Morgan fingerprint density at radius 3 is 2.60 bits per heavy atom. The second-order valence-electron chi connectivity index (χ2n) is 2.24. The molecule has 0 aromatic heterocycles. The molecule has 0 unspecified atom stereocenters. The lowest BCUT2D eigenvalue weighted by Gasteiger charge is -1.95. The van der Waals surface area contributed by atoms with Gasteiger partial charge in [-0.05, 0) is 13.0 Å². The molecule has 1 heteroatoms. The van der Waals surface area contributed by atoms with Gasteiger partial charge in [0, 0.05) is 6.42 Å². The molecular weight excluding hydrogens is 122 g/mol.